The first kappa shape index (κ1) is 18.3. The Balaban J connectivity index is 0. The van der Waals surface area contributed by atoms with Gasteiger partial charge >= 0.3 is 0 Å². The van der Waals surface area contributed by atoms with Crippen molar-refractivity contribution in [3.8, 4) is 0 Å². The first-order chi connectivity index (χ1) is 8.10. The molecule has 0 aromatic rings. The van der Waals surface area contributed by atoms with Gasteiger partial charge in [-0.15, -0.1) is 0 Å². The van der Waals surface area contributed by atoms with Gasteiger partial charge in [-0.3, -0.25) is 0 Å². The van der Waals surface area contributed by atoms with Gasteiger partial charge in [0, 0.05) is 6.54 Å². The lowest BCUT2D eigenvalue weighted by Crippen LogP contribution is -2.12. The molecule has 0 aliphatic rings. The SMILES string of the molecule is C=CC(/C=C(/C)CCN(C)C)=C\C=C/C.CC. The summed E-state index contributed by atoms with van der Waals surface area (Å²) in [4.78, 5) is 2.20. The molecule has 0 N–H and O–H groups in total. The van der Waals surface area contributed by atoms with Crippen molar-refractivity contribution < 1.29 is 0 Å². The summed E-state index contributed by atoms with van der Waals surface area (Å²) < 4.78 is 0. The third-order valence-corrected chi connectivity index (χ3v) is 2.08. The van der Waals surface area contributed by atoms with E-state index in [-0.39, 0.29) is 0 Å². The zero-order chi connectivity index (χ0) is 13.7. The zero-order valence-corrected chi connectivity index (χ0v) is 12.5. The second kappa shape index (κ2) is 13.0. The number of allylic oxidation sites excluding steroid dienone is 6. The van der Waals surface area contributed by atoms with Gasteiger partial charge in [0.05, 0.1) is 0 Å². The maximum absolute atomic E-state index is 3.81. The highest BCUT2D eigenvalue weighted by Crippen LogP contribution is 2.07. The van der Waals surface area contributed by atoms with Crippen molar-refractivity contribution in [2.45, 2.75) is 34.1 Å². The molecule has 0 aromatic heterocycles. The van der Waals surface area contributed by atoms with Crippen molar-refractivity contribution in [2.24, 2.45) is 0 Å². The Morgan fingerprint density at radius 3 is 2.24 bits per heavy atom. The molecule has 0 fully saturated rings. The summed E-state index contributed by atoms with van der Waals surface area (Å²) in [5.41, 5.74) is 2.56. The lowest BCUT2D eigenvalue weighted by molar-refractivity contribution is 0.413. The van der Waals surface area contributed by atoms with Crippen LogP contribution in [-0.2, 0) is 0 Å². The summed E-state index contributed by atoms with van der Waals surface area (Å²) in [5.74, 6) is 0. The smallest absolute Gasteiger partial charge is 0.00125 e. The van der Waals surface area contributed by atoms with E-state index in [1.165, 1.54) is 11.1 Å². The van der Waals surface area contributed by atoms with Crippen molar-refractivity contribution in [1.29, 1.82) is 0 Å². The molecule has 0 amide bonds. The van der Waals surface area contributed by atoms with Gasteiger partial charge in [0.15, 0.2) is 0 Å². The molecule has 0 aliphatic carbocycles. The van der Waals surface area contributed by atoms with E-state index in [2.05, 4.69) is 44.6 Å². The molecular formula is C16H29N. The Labute approximate surface area is 108 Å². The van der Waals surface area contributed by atoms with Crippen LogP contribution >= 0.6 is 0 Å². The standard InChI is InChI=1S/C14H23N.C2H6/c1-6-8-9-14(7-2)12-13(3)10-11-15(4)5;1-2/h6-9,12H,2,10-11H2,1,3-5H3;1-2H3/b8-6-,13-12-,14-9+;. The highest BCUT2D eigenvalue weighted by Gasteiger charge is 1.93. The van der Waals surface area contributed by atoms with Crippen LogP contribution in [0.15, 0.2) is 48.1 Å². The number of hydrogen-bond acceptors (Lipinski definition) is 1. The molecule has 1 nitrogen and oxygen atoms in total. The van der Waals surface area contributed by atoms with Gasteiger partial charge in [-0.1, -0.05) is 56.4 Å². The van der Waals surface area contributed by atoms with E-state index in [1.54, 1.807) is 0 Å². The summed E-state index contributed by atoms with van der Waals surface area (Å²) >= 11 is 0. The molecule has 98 valence electrons. The quantitative estimate of drug-likeness (QED) is 0.608. The number of hydrogen-bond donors (Lipinski definition) is 0. The van der Waals surface area contributed by atoms with Crippen molar-refractivity contribution >= 4 is 0 Å². The van der Waals surface area contributed by atoms with Crippen molar-refractivity contribution in [3.63, 3.8) is 0 Å². The maximum Gasteiger partial charge on any atom is 0.00125 e. The highest BCUT2D eigenvalue weighted by atomic mass is 15.0. The normalized spacial score (nSPS) is 12.6. The second-order valence-electron chi connectivity index (χ2n) is 3.94. The molecule has 0 saturated heterocycles. The molecule has 0 unspecified atom stereocenters. The maximum atomic E-state index is 3.81. The van der Waals surface area contributed by atoms with E-state index in [9.17, 15) is 0 Å². The van der Waals surface area contributed by atoms with Gasteiger partial charge in [0.25, 0.3) is 0 Å². The molecule has 0 spiro atoms. The third kappa shape index (κ3) is 12.9. The summed E-state index contributed by atoms with van der Waals surface area (Å²) in [6.45, 7) is 13.1. The second-order valence-corrected chi connectivity index (χ2v) is 3.94. The van der Waals surface area contributed by atoms with Crippen LogP contribution in [-0.4, -0.2) is 25.5 Å². The van der Waals surface area contributed by atoms with Gasteiger partial charge in [-0.25, -0.2) is 0 Å². The van der Waals surface area contributed by atoms with Gasteiger partial charge in [0.1, 0.15) is 0 Å². The Kier molecular flexibility index (Phi) is 14.0. The van der Waals surface area contributed by atoms with E-state index >= 15 is 0 Å². The first-order valence-electron chi connectivity index (χ1n) is 6.37. The largest absolute Gasteiger partial charge is 0.309 e. The molecule has 0 rings (SSSR count). The average molecular weight is 235 g/mol. The molecule has 0 saturated carbocycles. The topological polar surface area (TPSA) is 3.24 Å². The minimum atomic E-state index is 1.09. The molecule has 0 aliphatic heterocycles. The van der Waals surface area contributed by atoms with Crippen molar-refractivity contribution in [3.05, 3.63) is 48.1 Å². The predicted molar refractivity (Wildman–Crippen MR) is 81.4 cm³/mol. The van der Waals surface area contributed by atoms with E-state index in [1.807, 2.05) is 39.0 Å². The van der Waals surface area contributed by atoms with Crippen LogP contribution in [0.2, 0.25) is 0 Å². The van der Waals surface area contributed by atoms with E-state index in [0.717, 1.165) is 13.0 Å². The van der Waals surface area contributed by atoms with E-state index < -0.39 is 0 Å². The highest BCUT2D eigenvalue weighted by molar-refractivity contribution is 5.34. The summed E-state index contributed by atoms with van der Waals surface area (Å²) in [6, 6.07) is 0. The fraction of sp³-hybridized carbons (Fsp3) is 0.500. The van der Waals surface area contributed by atoms with E-state index in [4.69, 9.17) is 0 Å². The zero-order valence-electron chi connectivity index (χ0n) is 12.5. The molecule has 0 heterocycles. The van der Waals surface area contributed by atoms with Crippen molar-refractivity contribution in [1.82, 2.24) is 4.90 Å². The average Bonchev–Trinajstić information content (AvgIpc) is 2.34. The molecular weight excluding hydrogens is 206 g/mol. The Morgan fingerprint density at radius 1 is 1.24 bits per heavy atom. The predicted octanol–water partition coefficient (Wildman–Crippen LogP) is 4.60. The third-order valence-electron chi connectivity index (χ3n) is 2.08. The summed E-state index contributed by atoms with van der Waals surface area (Å²) in [6.07, 6.45) is 11.3. The lowest BCUT2D eigenvalue weighted by Gasteiger charge is -2.09. The summed E-state index contributed by atoms with van der Waals surface area (Å²) in [7, 11) is 4.19. The summed E-state index contributed by atoms with van der Waals surface area (Å²) in [5, 5.41) is 0. The monoisotopic (exact) mass is 235 g/mol. The Hall–Kier alpha value is -1.08. The lowest BCUT2D eigenvalue weighted by atomic mass is 10.1. The first-order valence-corrected chi connectivity index (χ1v) is 6.37. The molecule has 0 radical (unpaired) electrons. The minimum absolute atomic E-state index is 1.09. The van der Waals surface area contributed by atoms with Gasteiger partial charge < -0.3 is 4.90 Å². The Bertz CT molecular complexity index is 267. The molecule has 0 atom stereocenters. The van der Waals surface area contributed by atoms with Crippen molar-refractivity contribution in [2.75, 3.05) is 20.6 Å². The van der Waals surface area contributed by atoms with Crippen LogP contribution < -0.4 is 0 Å². The van der Waals surface area contributed by atoms with Crippen LogP contribution in [0.3, 0.4) is 0 Å². The van der Waals surface area contributed by atoms with Gasteiger partial charge in [-0.2, -0.15) is 0 Å². The molecule has 0 bridgehead atoms. The number of nitrogens with zero attached hydrogens (tertiary/aromatic N) is 1. The number of rotatable bonds is 6. The van der Waals surface area contributed by atoms with Crippen LogP contribution in [0.25, 0.3) is 0 Å². The molecule has 1 heteroatoms. The van der Waals surface area contributed by atoms with Crippen LogP contribution in [0, 0.1) is 0 Å². The molecule has 17 heavy (non-hydrogen) atoms. The van der Waals surface area contributed by atoms with Gasteiger partial charge in [0.2, 0.25) is 0 Å². The fourth-order valence-electron chi connectivity index (χ4n) is 1.14. The van der Waals surface area contributed by atoms with Crippen LogP contribution in [0.5, 0.6) is 0 Å². The van der Waals surface area contributed by atoms with Crippen LogP contribution in [0.4, 0.5) is 0 Å². The molecule has 0 aromatic carbocycles. The van der Waals surface area contributed by atoms with Gasteiger partial charge in [-0.05, 0) is 39.9 Å². The minimum Gasteiger partial charge on any atom is -0.309 e. The van der Waals surface area contributed by atoms with E-state index in [0.29, 0.717) is 0 Å². The van der Waals surface area contributed by atoms with Crippen LogP contribution in [0.1, 0.15) is 34.1 Å². The fourth-order valence-corrected chi connectivity index (χ4v) is 1.14. The Morgan fingerprint density at radius 2 is 1.82 bits per heavy atom.